The van der Waals surface area contributed by atoms with Gasteiger partial charge in [-0.2, -0.15) is 0 Å². The molecule has 0 aliphatic carbocycles. The van der Waals surface area contributed by atoms with Gasteiger partial charge in [0.05, 0.1) is 6.54 Å². The molecule has 0 saturated heterocycles. The number of primary amides is 1. The Kier molecular flexibility index (Phi) is 5.37. The van der Waals surface area contributed by atoms with Gasteiger partial charge in [0.15, 0.2) is 0 Å². The summed E-state index contributed by atoms with van der Waals surface area (Å²) in [6.07, 6.45) is 0.250. The zero-order valence-corrected chi connectivity index (χ0v) is 12.1. The summed E-state index contributed by atoms with van der Waals surface area (Å²) in [6, 6.07) is 15.9. The van der Waals surface area contributed by atoms with E-state index in [0.29, 0.717) is 0 Å². The lowest BCUT2D eigenvalue weighted by Crippen LogP contribution is -2.19. The first-order chi connectivity index (χ1) is 10.7. The molecule has 0 fully saturated rings. The van der Waals surface area contributed by atoms with Gasteiger partial charge in [-0.15, -0.1) is 0 Å². The van der Waals surface area contributed by atoms with Gasteiger partial charge in [-0.25, -0.2) is 0 Å². The average Bonchev–Trinajstić information content (AvgIpc) is 3.03. The fourth-order valence-electron chi connectivity index (χ4n) is 2.12. The van der Waals surface area contributed by atoms with Crippen molar-refractivity contribution >= 4 is 29.3 Å². The minimum Gasteiger partial charge on any atom is -0.399 e. The van der Waals surface area contributed by atoms with Crippen LogP contribution in [0.2, 0.25) is 0 Å². The average molecular weight is 297 g/mol. The molecule has 22 heavy (non-hydrogen) atoms. The Morgan fingerprint density at radius 2 is 1.82 bits per heavy atom. The van der Waals surface area contributed by atoms with Crippen LogP contribution < -0.4 is 22.1 Å². The zero-order chi connectivity index (χ0) is 15.8. The van der Waals surface area contributed by atoms with Gasteiger partial charge in [0, 0.05) is 29.2 Å². The van der Waals surface area contributed by atoms with Crippen LogP contribution in [0.4, 0.5) is 17.1 Å². The lowest BCUT2D eigenvalue weighted by molar-refractivity contribution is -0.106. The molecule has 0 spiro atoms. The van der Waals surface area contributed by atoms with Crippen molar-refractivity contribution in [1.29, 1.82) is 0 Å². The molecule has 2 aromatic rings. The molecular formula is C16H19N5O. The van der Waals surface area contributed by atoms with E-state index in [2.05, 4.69) is 33.5 Å². The molecule has 1 aliphatic rings. The molecular weight excluding hydrogens is 278 g/mol. The molecule has 114 valence electrons. The lowest BCUT2D eigenvalue weighted by Gasteiger charge is -2.09. The summed E-state index contributed by atoms with van der Waals surface area (Å²) in [6.45, 7) is 1.77. The predicted molar refractivity (Wildman–Crippen MR) is 90.2 cm³/mol. The summed E-state index contributed by atoms with van der Waals surface area (Å²) in [5, 5.41) is 6.62. The van der Waals surface area contributed by atoms with Gasteiger partial charge in [0.1, 0.15) is 5.84 Å². The maximum absolute atomic E-state index is 8.58. The third kappa shape index (κ3) is 4.24. The summed E-state index contributed by atoms with van der Waals surface area (Å²) in [5.41, 5.74) is 13.8. The largest absolute Gasteiger partial charge is 0.399 e. The van der Waals surface area contributed by atoms with Crippen molar-refractivity contribution in [1.82, 2.24) is 5.32 Å². The van der Waals surface area contributed by atoms with E-state index in [-0.39, 0.29) is 6.41 Å². The second-order valence-corrected chi connectivity index (χ2v) is 4.62. The first kappa shape index (κ1) is 15.4. The van der Waals surface area contributed by atoms with Crippen LogP contribution in [0.5, 0.6) is 0 Å². The van der Waals surface area contributed by atoms with Gasteiger partial charge in [-0.3, -0.25) is 9.79 Å². The number of amidine groups is 1. The normalized spacial score (nSPS) is 12.5. The highest BCUT2D eigenvalue weighted by Crippen LogP contribution is 2.20. The number of amides is 1. The van der Waals surface area contributed by atoms with E-state index in [9.17, 15) is 0 Å². The first-order valence-corrected chi connectivity index (χ1v) is 6.89. The zero-order valence-electron chi connectivity index (χ0n) is 12.1. The summed E-state index contributed by atoms with van der Waals surface area (Å²) >= 11 is 0. The molecule has 0 unspecified atom stereocenters. The summed E-state index contributed by atoms with van der Waals surface area (Å²) < 4.78 is 0. The van der Waals surface area contributed by atoms with Crippen LogP contribution in [0.25, 0.3) is 0 Å². The van der Waals surface area contributed by atoms with Gasteiger partial charge >= 0.3 is 0 Å². The van der Waals surface area contributed by atoms with Crippen LogP contribution in [0.3, 0.4) is 0 Å². The number of aliphatic imine (C=N–C) groups is 1. The molecule has 0 bridgehead atoms. The van der Waals surface area contributed by atoms with Gasteiger partial charge in [-0.1, -0.05) is 18.2 Å². The van der Waals surface area contributed by atoms with Gasteiger partial charge in [0.25, 0.3) is 0 Å². The number of nitrogens with zero attached hydrogens (tertiary/aromatic N) is 1. The van der Waals surface area contributed by atoms with Gasteiger partial charge in [-0.05, 0) is 30.3 Å². The number of nitrogen functional groups attached to an aromatic ring is 1. The Balaban J connectivity index is 0.000000545. The highest BCUT2D eigenvalue weighted by Gasteiger charge is 2.08. The van der Waals surface area contributed by atoms with Crippen LogP contribution in [0.1, 0.15) is 5.56 Å². The lowest BCUT2D eigenvalue weighted by atomic mass is 10.1. The Morgan fingerprint density at radius 1 is 1.14 bits per heavy atom. The Bertz CT molecular complexity index is 669. The van der Waals surface area contributed by atoms with Gasteiger partial charge < -0.3 is 22.1 Å². The molecule has 3 rings (SSSR count). The third-order valence-electron chi connectivity index (χ3n) is 2.99. The SMILES string of the molecule is NC=O.Nc1cccc(Nc2cccc(C3=NCCN3)c2)c1. The monoisotopic (exact) mass is 297 g/mol. The third-order valence-corrected chi connectivity index (χ3v) is 2.99. The Labute approximate surface area is 129 Å². The fraction of sp³-hybridized carbons (Fsp3) is 0.125. The molecule has 0 atom stereocenters. The van der Waals surface area contributed by atoms with E-state index in [1.165, 1.54) is 0 Å². The van der Waals surface area contributed by atoms with E-state index in [4.69, 9.17) is 10.5 Å². The number of anilines is 3. The van der Waals surface area contributed by atoms with E-state index < -0.39 is 0 Å². The number of carbonyl (C=O) groups excluding carboxylic acids is 1. The number of rotatable bonds is 3. The van der Waals surface area contributed by atoms with Crippen LogP contribution in [0.15, 0.2) is 53.5 Å². The molecule has 0 radical (unpaired) electrons. The maximum atomic E-state index is 8.58. The van der Waals surface area contributed by atoms with E-state index in [1.54, 1.807) is 0 Å². The minimum absolute atomic E-state index is 0.250. The van der Waals surface area contributed by atoms with E-state index in [1.807, 2.05) is 36.4 Å². The summed E-state index contributed by atoms with van der Waals surface area (Å²) in [5.74, 6) is 0.969. The predicted octanol–water partition coefficient (Wildman–Crippen LogP) is 1.46. The van der Waals surface area contributed by atoms with Crippen molar-refractivity contribution in [3.8, 4) is 0 Å². The van der Waals surface area contributed by atoms with Gasteiger partial charge in [0.2, 0.25) is 6.41 Å². The van der Waals surface area contributed by atoms with Crippen LogP contribution >= 0.6 is 0 Å². The van der Waals surface area contributed by atoms with E-state index >= 15 is 0 Å². The molecule has 1 aliphatic heterocycles. The highest BCUT2D eigenvalue weighted by atomic mass is 16.1. The molecule has 1 amide bonds. The Morgan fingerprint density at radius 3 is 2.45 bits per heavy atom. The maximum Gasteiger partial charge on any atom is 0.204 e. The number of benzene rings is 2. The molecule has 6 nitrogen and oxygen atoms in total. The number of carbonyl (C=O) groups is 1. The van der Waals surface area contributed by atoms with Crippen LogP contribution in [-0.4, -0.2) is 25.3 Å². The second kappa shape index (κ2) is 7.68. The van der Waals surface area contributed by atoms with E-state index in [0.717, 1.165) is 41.6 Å². The quantitative estimate of drug-likeness (QED) is 0.508. The number of hydrogen-bond acceptors (Lipinski definition) is 5. The van der Waals surface area contributed by atoms with Crippen LogP contribution in [-0.2, 0) is 4.79 Å². The molecule has 1 heterocycles. The molecule has 0 saturated carbocycles. The molecule has 6 N–H and O–H groups in total. The van der Waals surface area contributed by atoms with Crippen molar-refractivity contribution in [2.45, 2.75) is 0 Å². The van der Waals surface area contributed by atoms with Crippen molar-refractivity contribution in [2.75, 3.05) is 24.1 Å². The number of hydrogen-bond donors (Lipinski definition) is 4. The summed E-state index contributed by atoms with van der Waals surface area (Å²) in [4.78, 5) is 13.0. The molecule has 2 aromatic carbocycles. The summed E-state index contributed by atoms with van der Waals surface area (Å²) in [7, 11) is 0. The second-order valence-electron chi connectivity index (χ2n) is 4.62. The van der Waals surface area contributed by atoms with Crippen molar-refractivity contribution in [2.24, 2.45) is 10.7 Å². The highest BCUT2D eigenvalue weighted by molar-refractivity contribution is 6.00. The Hall–Kier alpha value is -3.02. The fourth-order valence-corrected chi connectivity index (χ4v) is 2.12. The smallest absolute Gasteiger partial charge is 0.204 e. The molecule has 6 heteroatoms. The minimum atomic E-state index is 0.250. The number of nitrogens with two attached hydrogens (primary N) is 2. The van der Waals surface area contributed by atoms with Crippen molar-refractivity contribution < 1.29 is 4.79 Å². The standard InChI is InChI=1S/C15H16N4.CH3NO/c16-12-4-2-6-14(10-12)19-13-5-1-3-11(9-13)15-17-7-8-18-15;2-1-3/h1-6,9-10,19H,7-8,16H2,(H,17,18);1H,(H2,2,3). The molecule has 0 aromatic heterocycles. The topological polar surface area (TPSA) is 106 Å². The van der Waals surface area contributed by atoms with Crippen molar-refractivity contribution in [3.05, 3.63) is 54.1 Å². The van der Waals surface area contributed by atoms with Crippen molar-refractivity contribution in [3.63, 3.8) is 0 Å². The number of nitrogens with one attached hydrogen (secondary N) is 2. The van der Waals surface area contributed by atoms with Crippen LogP contribution in [0, 0.1) is 0 Å². The first-order valence-electron chi connectivity index (χ1n) is 6.89.